The molecule has 8 heteroatoms. The van der Waals surface area contributed by atoms with Gasteiger partial charge in [0.2, 0.25) is 5.60 Å². The van der Waals surface area contributed by atoms with Crippen LogP contribution < -0.4 is 5.56 Å². The maximum absolute atomic E-state index is 13.5. The summed E-state index contributed by atoms with van der Waals surface area (Å²) in [6, 6.07) is 9.71. The van der Waals surface area contributed by atoms with E-state index in [2.05, 4.69) is 16.9 Å². The predicted molar refractivity (Wildman–Crippen MR) is 144 cm³/mol. The molecule has 2 N–H and O–H groups in total. The van der Waals surface area contributed by atoms with E-state index in [1.54, 1.807) is 18.3 Å². The summed E-state index contributed by atoms with van der Waals surface area (Å²) in [6.45, 7) is 2.86. The molecule has 0 radical (unpaired) electrons. The Bertz CT molecular complexity index is 1190. The number of nitrogens with one attached hydrogen (secondary N) is 1. The molecule has 36 heavy (non-hydrogen) atoms. The number of pyridine rings is 1. The van der Waals surface area contributed by atoms with Gasteiger partial charge in [-0.2, -0.15) is 0 Å². The van der Waals surface area contributed by atoms with Crippen LogP contribution in [-0.2, 0) is 21.6 Å². The number of aromatic nitrogens is 1. The monoisotopic (exact) mass is 526 g/mol. The number of aromatic amines is 1. The molecule has 4 atom stereocenters. The topological polar surface area (TPSA) is 82.6 Å². The summed E-state index contributed by atoms with van der Waals surface area (Å²) < 4.78 is 6.16. The van der Waals surface area contributed by atoms with Crippen LogP contribution in [-0.4, -0.2) is 46.7 Å². The van der Waals surface area contributed by atoms with Gasteiger partial charge >= 0.3 is 5.97 Å². The number of carbonyl (C=O) groups excluding carboxylic acids is 1. The zero-order valence-corrected chi connectivity index (χ0v) is 22.4. The predicted octanol–water partition coefficient (Wildman–Crippen LogP) is 4.71. The maximum atomic E-state index is 13.5. The summed E-state index contributed by atoms with van der Waals surface area (Å²) in [5.74, 6) is 0.0987. The molecule has 2 bridgehead atoms. The van der Waals surface area contributed by atoms with Crippen molar-refractivity contribution in [1.29, 1.82) is 0 Å². The van der Waals surface area contributed by atoms with Gasteiger partial charge in [-0.1, -0.05) is 12.1 Å². The number of esters is 1. The molecular weight excluding hydrogens is 492 g/mol. The summed E-state index contributed by atoms with van der Waals surface area (Å²) in [5.41, 5.74) is 0.187. The minimum atomic E-state index is -1.75. The first-order chi connectivity index (χ1) is 17.4. The highest BCUT2D eigenvalue weighted by Crippen LogP contribution is 2.49. The third kappa shape index (κ3) is 4.72. The Kier molecular flexibility index (Phi) is 7.49. The highest BCUT2D eigenvalue weighted by atomic mass is 32.1. The molecule has 2 aliphatic rings. The van der Waals surface area contributed by atoms with Gasteiger partial charge in [-0.05, 0) is 99.5 Å². The molecule has 192 valence electrons. The normalized spacial score (nSPS) is 23.4. The largest absolute Gasteiger partial charge is 0.459 e. The molecule has 0 saturated heterocycles. The van der Waals surface area contributed by atoms with Gasteiger partial charge in [-0.15, -0.1) is 22.7 Å². The van der Waals surface area contributed by atoms with E-state index in [4.69, 9.17) is 4.74 Å². The molecule has 2 aliphatic carbocycles. The number of aryl methyl sites for hydroxylation is 1. The van der Waals surface area contributed by atoms with Crippen molar-refractivity contribution >= 4 is 28.6 Å². The smallest absolute Gasteiger partial charge is 0.349 e. The van der Waals surface area contributed by atoms with Gasteiger partial charge in [0.25, 0.3) is 5.56 Å². The second-order valence-corrected chi connectivity index (χ2v) is 12.1. The van der Waals surface area contributed by atoms with Crippen LogP contribution in [0, 0.1) is 18.8 Å². The van der Waals surface area contributed by atoms with Gasteiger partial charge in [0.15, 0.2) is 0 Å². The van der Waals surface area contributed by atoms with Crippen LogP contribution >= 0.6 is 22.7 Å². The second kappa shape index (κ2) is 10.6. The lowest BCUT2D eigenvalue weighted by atomic mass is 9.94. The van der Waals surface area contributed by atoms with Gasteiger partial charge in [-0.3, -0.25) is 4.79 Å². The van der Waals surface area contributed by atoms with E-state index in [9.17, 15) is 14.7 Å². The van der Waals surface area contributed by atoms with E-state index >= 15 is 0 Å². The van der Waals surface area contributed by atoms with Crippen molar-refractivity contribution in [2.45, 2.75) is 63.2 Å². The summed E-state index contributed by atoms with van der Waals surface area (Å²) in [5, 5.41) is 15.4. The highest BCUT2D eigenvalue weighted by Gasteiger charge is 2.54. The standard InChI is InChI=1S/C28H34N2O4S2/c1-18-19(12-13-29-26(18)31)7-3-4-14-30(2)22-17-20-10-11-21(22)25(20)34-27(32)28(33,23-8-5-15-35-23)24-9-6-16-36-24/h5-6,8-9,12-13,15-16,20-22,25,33H,3-4,7,10-11,14,17H2,1-2H3,(H,29,31)/t20?,21?,22-,25?/m1/s1. The maximum Gasteiger partial charge on any atom is 0.349 e. The summed E-state index contributed by atoms with van der Waals surface area (Å²) in [6.07, 6.45) is 7.74. The second-order valence-electron chi connectivity index (χ2n) is 10.2. The number of rotatable bonds is 10. The number of unbranched alkanes of at least 4 members (excludes halogenated alkanes) is 1. The molecule has 0 aromatic carbocycles. The van der Waals surface area contributed by atoms with Crippen LogP contribution in [0.2, 0.25) is 0 Å². The Labute approximate surface area is 219 Å². The number of H-pyrrole nitrogens is 1. The number of nitrogens with zero attached hydrogens (tertiary/aromatic N) is 1. The third-order valence-electron chi connectivity index (χ3n) is 8.18. The van der Waals surface area contributed by atoms with Gasteiger partial charge < -0.3 is 19.7 Å². The fourth-order valence-corrected chi connectivity index (χ4v) is 7.85. The number of hydrogen-bond donors (Lipinski definition) is 2. The minimum absolute atomic E-state index is 0.00255. The lowest BCUT2D eigenvalue weighted by Gasteiger charge is -2.32. The minimum Gasteiger partial charge on any atom is -0.459 e. The van der Waals surface area contributed by atoms with Gasteiger partial charge in [0.05, 0.1) is 9.75 Å². The Balaban J connectivity index is 1.20. The van der Waals surface area contributed by atoms with Crippen LogP contribution in [0.15, 0.2) is 52.1 Å². The Morgan fingerprint density at radius 1 is 1.17 bits per heavy atom. The molecule has 3 aromatic heterocycles. The third-order valence-corrected chi connectivity index (χ3v) is 10.1. The van der Waals surface area contributed by atoms with Crippen molar-refractivity contribution in [2.75, 3.05) is 13.6 Å². The number of aliphatic hydroxyl groups is 1. The molecule has 3 heterocycles. The lowest BCUT2D eigenvalue weighted by Crippen LogP contribution is -2.42. The number of thiophene rings is 2. The number of fused-ring (bicyclic) bond motifs is 2. The fourth-order valence-electron chi connectivity index (χ4n) is 6.13. The van der Waals surface area contributed by atoms with E-state index in [-0.39, 0.29) is 11.7 Å². The first-order valence-electron chi connectivity index (χ1n) is 12.8. The zero-order chi connectivity index (χ0) is 25.3. The molecule has 0 aliphatic heterocycles. The highest BCUT2D eigenvalue weighted by molar-refractivity contribution is 7.12. The zero-order valence-electron chi connectivity index (χ0n) is 20.8. The molecular formula is C28H34N2O4S2. The molecule has 0 spiro atoms. The fraction of sp³-hybridized carbons (Fsp3) is 0.500. The van der Waals surface area contributed by atoms with Crippen LogP contribution in [0.3, 0.4) is 0 Å². The quantitative estimate of drug-likeness (QED) is 0.295. The van der Waals surface area contributed by atoms with Gasteiger partial charge in [0, 0.05) is 23.7 Å². The first-order valence-corrected chi connectivity index (χ1v) is 14.5. The van der Waals surface area contributed by atoms with E-state index in [1.807, 2.05) is 35.9 Å². The molecule has 3 aromatic rings. The van der Waals surface area contributed by atoms with Crippen molar-refractivity contribution in [3.63, 3.8) is 0 Å². The van der Waals surface area contributed by atoms with Crippen LogP contribution in [0.25, 0.3) is 0 Å². The van der Waals surface area contributed by atoms with E-state index in [0.29, 0.717) is 27.6 Å². The SMILES string of the molecule is Cc1c(CCCCN(C)[C@@H]2CC3CCC2C3OC(=O)C(O)(c2cccs2)c2cccs2)cc[nH]c1=O. The summed E-state index contributed by atoms with van der Waals surface area (Å²) in [4.78, 5) is 31.7. The molecule has 2 fully saturated rings. The van der Waals surface area contributed by atoms with E-state index < -0.39 is 11.6 Å². The first kappa shape index (κ1) is 25.4. The van der Waals surface area contributed by atoms with Crippen molar-refractivity contribution < 1.29 is 14.6 Å². The Morgan fingerprint density at radius 3 is 2.56 bits per heavy atom. The molecule has 6 nitrogen and oxygen atoms in total. The molecule has 0 amide bonds. The molecule has 3 unspecified atom stereocenters. The van der Waals surface area contributed by atoms with E-state index in [1.165, 1.54) is 22.7 Å². The number of ether oxygens (including phenoxy) is 1. The molecule has 2 saturated carbocycles. The number of hydrogen-bond acceptors (Lipinski definition) is 7. The van der Waals surface area contributed by atoms with Crippen LogP contribution in [0.5, 0.6) is 0 Å². The van der Waals surface area contributed by atoms with Crippen molar-refractivity contribution in [3.8, 4) is 0 Å². The summed E-state index contributed by atoms with van der Waals surface area (Å²) in [7, 11) is 2.18. The average molecular weight is 527 g/mol. The Morgan fingerprint density at radius 2 is 1.89 bits per heavy atom. The summed E-state index contributed by atoms with van der Waals surface area (Å²) >= 11 is 2.75. The Hall–Kier alpha value is -2.26. The van der Waals surface area contributed by atoms with Gasteiger partial charge in [0.1, 0.15) is 6.10 Å². The van der Waals surface area contributed by atoms with Crippen LogP contribution in [0.4, 0.5) is 0 Å². The van der Waals surface area contributed by atoms with Crippen molar-refractivity contribution in [2.24, 2.45) is 11.8 Å². The lowest BCUT2D eigenvalue weighted by molar-refractivity contribution is -0.170. The van der Waals surface area contributed by atoms with Crippen molar-refractivity contribution in [3.05, 3.63) is 78.5 Å². The van der Waals surface area contributed by atoms with Crippen molar-refractivity contribution in [1.82, 2.24) is 9.88 Å². The van der Waals surface area contributed by atoms with Crippen LogP contribution in [0.1, 0.15) is 53.0 Å². The van der Waals surface area contributed by atoms with Gasteiger partial charge in [-0.25, -0.2) is 4.79 Å². The van der Waals surface area contributed by atoms with E-state index in [0.717, 1.165) is 56.2 Å². The number of carbonyl (C=O) groups is 1. The average Bonchev–Trinajstić information content (AvgIpc) is 3.69. The molecule has 5 rings (SSSR count).